The fourth-order valence-corrected chi connectivity index (χ4v) is 7.37. The Morgan fingerprint density at radius 2 is 0.960 bits per heavy atom. The molecular formula is C45H37F2N3. The van der Waals surface area contributed by atoms with Crippen LogP contribution in [0.5, 0.6) is 0 Å². The lowest BCUT2D eigenvalue weighted by molar-refractivity contribution is 0.584. The van der Waals surface area contributed by atoms with Crippen LogP contribution in [0.1, 0.15) is 58.2 Å². The van der Waals surface area contributed by atoms with E-state index in [1.807, 2.05) is 36.4 Å². The molecule has 0 spiro atoms. The van der Waals surface area contributed by atoms with E-state index in [4.69, 9.17) is 0 Å². The van der Waals surface area contributed by atoms with Crippen molar-refractivity contribution >= 4 is 43.6 Å². The van der Waals surface area contributed by atoms with Gasteiger partial charge in [-0.05, 0) is 76.1 Å². The van der Waals surface area contributed by atoms with Gasteiger partial charge in [-0.25, -0.2) is 8.78 Å². The summed E-state index contributed by atoms with van der Waals surface area (Å²) in [6.45, 7) is 13.1. The smallest absolute Gasteiger partial charge is 0.126 e. The Hall–Kier alpha value is -5.73. The second kappa shape index (κ2) is 11.1. The number of fused-ring (bicyclic) bond motifs is 6. The highest BCUT2D eigenvalue weighted by atomic mass is 19.1. The van der Waals surface area contributed by atoms with E-state index in [1.165, 1.54) is 12.1 Å². The van der Waals surface area contributed by atoms with Crippen molar-refractivity contribution in [3.05, 3.63) is 144 Å². The Balaban J connectivity index is 1.54. The van der Waals surface area contributed by atoms with Gasteiger partial charge in [-0.3, -0.25) is 0 Å². The lowest BCUT2D eigenvalue weighted by atomic mass is 9.86. The minimum absolute atomic E-state index is 0.107. The van der Waals surface area contributed by atoms with Crippen LogP contribution in [0.3, 0.4) is 0 Å². The van der Waals surface area contributed by atoms with E-state index < -0.39 is 11.6 Å². The minimum Gasteiger partial charge on any atom is -0.309 e. The molecule has 0 fully saturated rings. The summed E-state index contributed by atoms with van der Waals surface area (Å²) >= 11 is 0. The zero-order chi connectivity index (χ0) is 35.1. The fourth-order valence-electron chi connectivity index (χ4n) is 7.37. The first-order valence-electron chi connectivity index (χ1n) is 17.0. The van der Waals surface area contributed by atoms with Gasteiger partial charge in [-0.15, -0.1) is 0 Å². The first-order chi connectivity index (χ1) is 23.8. The highest BCUT2D eigenvalue weighted by Gasteiger charge is 2.24. The van der Waals surface area contributed by atoms with Crippen molar-refractivity contribution < 1.29 is 8.78 Å². The quantitative estimate of drug-likeness (QED) is 0.186. The highest BCUT2D eigenvalue weighted by Crippen LogP contribution is 2.42. The van der Waals surface area contributed by atoms with Gasteiger partial charge in [0.25, 0.3) is 0 Å². The van der Waals surface area contributed by atoms with Crippen LogP contribution in [0.4, 0.5) is 8.78 Å². The van der Waals surface area contributed by atoms with Crippen LogP contribution in [0.25, 0.3) is 66.1 Å². The third-order valence-corrected chi connectivity index (χ3v) is 9.97. The molecule has 246 valence electrons. The molecular weight excluding hydrogens is 621 g/mol. The molecule has 2 aromatic heterocycles. The molecule has 8 aromatic rings. The van der Waals surface area contributed by atoms with Crippen LogP contribution in [0.15, 0.2) is 115 Å². The number of rotatable bonds is 3. The average Bonchev–Trinajstić information content (AvgIpc) is 3.58. The molecule has 0 unspecified atom stereocenters. The summed E-state index contributed by atoms with van der Waals surface area (Å²) in [4.78, 5) is 0. The largest absolute Gasteiger partial charge is 0.309 e. The number of aromatic nitrogens is 2. The molecule has 8 rings (SSSR count). The SMILES string of the molecule is CC(C)(C)c1ccc2c3ccccc3n(-c3cc(-c4cc(F)cc(F)c4)c(-n4c5ccccc5c5ccc(C(C)(C)C)cc54)cc3C#N)c2c1. The first-order valence-corrected chi connectivity index (χ1v) is 17.0. The zero-order valence-electron chi connectivity index (χ0n) is 29.1. The van der Waals surface area contributed by atoms with Gasteiger partial charge in [0.15, 0.2) is 0 Å². The summed E-state index contributed by atoms with van der Waals surface area (Å²) in [5.74, 6) is -1.33. The van der Waals surface area contributed by atoms with E-state index >= 15 is 8.78 Å². The predicted molar refractivity (Wildman–Crippen MR) is 203 cm³/mol. The molecule has 0 saturated carbocycles. The molecule has 6 aromatic carbocycles. The van der Waals surface area contributed by atoms with Gasteiger partial charge in [-0.1, -0.05) is 102 Å². The number of benzene rings is 6. The topological polar surface area (TPSA) is 33.6 Å². The minimum atomic E-state index is -0.666. The van der Waals surface area contributed by atoms with Crippen molar-refractivity contribution in [2.45, 2.75) is 52.4 Å². The van der Waals surface area contributed by atoms with Crippen LogP contribution in [-0.4, -0.2) is 9.13 Å². The van der Waals surface area contributed by atoms with E-state index in [2.05, 4.69) is 117 Å². The summed E-state index contributed by atoms with van der Waals surface area (Å²) in [5, 5.41) is 15.1. The monoisotopic (exact) mass is 657 g/mol. The lowest BCUT2D eigenvalue weighted by Crippen LogP contribution is -2.11. The zero-order valence-corrected chi connectivity index (χ0v) is 29.1. The van der Waals surface area contributed by atoms with E-state index in [1.54, 1.807) is 0 Å². The Kier molecular flexibility index (Phi) is 7.03. The predicted octanol–water partition coefficient (Wildman–Crippen LogP) is 12.3. The van der Waals surface area contributed by atoms with Gasteiger partial charge >= 0.3 is 0 Å². The number of nitrogens with zero attached hydrogens (tertiary/aromatic N) is 3. The molecule has 3 nitrogen and oxygen atoms in total. The number of para-hydroxylation sites is 2. The van der Waals surface area contributed by atoms with E-state index in [-0.39, 0.29) is 10.8 Å². The second-order valence-corrected chi connectivity index (χ2v) is 15.3. The third-order valence-electron chi connectivity index (χ3n) is 9.97. The number of halogens is 2. The molecule has 2 heterocycles. The molecule has 0 radical (unpaired) electrons. The van der Waals surface area contributed by atoms with E-state index in [0.29, 0.717) is 28.1 Å². The van der Waals surface area contributed by atoms with Crippen molar-refractivity contribution in [1.29, 1.82) is 5.26 Å². The lowest BCUT2D eigenvalue weighted by Gasteiger charge is -2.22. The van der Waals surface area contributed by atoms with E-state index in [9.17, 15) is 5.26 Å². The van der Waals surface area contributed by atoms with Gasteiger partial charge in [0.2, 0.25) is 0 Å². The highest BCUT2D eigenvalue weighted by molar-refractivity contribution is 6.11. The molecule has 0 saturated heterocycles. The Bertz CT molecular complexity index is 2690. The normalized spacial score (nSPS) is 12.4. The van der Waals surface area contributed by atoms with E-state index in [0.717, 1.165) is 60.8 Å². The molecule has 0 amide bonds. The first kappa shape index (κ1) is 31.5. The summed E-state index contributed by atoms with van der Waals surface area (Å²) in [5.41, 5.74) is 8.66. The van der Waals surface area contributed by atoms with Crippen LogP contribution in [0, 0.1) is 23.0 Å². The van der Waals surface area contributed by atoms with Crippen LogP contribution in [0.2, 0.25) is 0 Å². The summed E-state index contributed by atoms with van der Waals surface area (Å²) in [7, 11) is 0. The molecule has 5 heteroatoms. The molecule has 0 aliphatic rings. The van der Waals surface area contributed by atoms with Gasteiger partial charge in [-0.2, -0.15) is 5.26 Å². The van der Waals surface area contributed by atoms with Crippen molar-refractivity contribution in [2.75, 3.05) is 0 Å². The molecule has 0 aliphatic heterocycles. The number of hydrogen-bond donors (Lipinski definition) is 0. The third kappa shape index (κ3) is 4.98. The molecule has 0 bridgehead atoms. The molecule has 0 aliphatic carbocycles. The number of hydrogen-bond acceptors (Lipinski definition) is 1. The maximum absolute atomic E-state index is 15.1. The van der Waals surface area contributed by atoms with Gasteiger partial charge < -0.3 is 9.13 Å². The standard InChI is InChI=1S/C45H37F2N3/c1-44(2,3)29-15-17-35-33-11-7-9-13-38(33)49(42(35)22-29)40-25-37(27-19-31(46)24-32(47)20-27)41(21-28(40)26-48)50-39-14-10-8-12-34(39)36-18-16-30(23-43(36)50)45(4,5)6/h7-25H,1-6H3. The maximum Gasteiger partial charge on any atom is 0.126 e. The average molecular weight is 658 g/mol. The Labute approximate surface area is 290 Å². The maximum atomic E-state index is 15.1. The van der Waals surface area contributed by atoms with Crippen molar-refractivity contribution in [3.63, 3.8) is 0 Å². The van der Waals surface area contributed by atoms with Crippen LogP contribution in [-0.2, 0) is 10.8 Å². The van der Waals surface area contributed by atoms with Gasteiger partial charge in [0, 0.05) is 33.2 Å². The molecule has 0 atom stereocenters. The summed E-state index contributed by atoms with van der Waals surface area (Å²) in [6.07, 6.45) is 0. The summed E-state index contributed by atoms with van der Waals surface area (Å²) in [6, 6.07) is 39.4. The fraction of sp³-hybridized carbons (Fsp3) is 0.178. The Morgan fingerprint density at radius 3 is 1.44 bits per heavy atom. The van der Waals surface area contributed by atoms with Crippen molar-refractivity contribution in [3.8, 4) is 28.6 Å². The number of nitriles is 1. The molecule has 0 N–H and O–H groups in total. The van der Waals surface area contributed by atoms with Crippen LogP contribution >= 0.6 is 0 Å². The molecule has 50 heavy (non-hydrogen) atoms. The van der Waals surface area contributed by atoms with Gasteiger partial charge in [0.1, 0.15) is 17.7 Å². The van der Waals surface area contributed by atoms with Crippen LogP contribution < -0.4 is 0 Å². The van der Waals surface area contributed by atoms with Crippen molar-refractivity contribution in [2.24, 2.45) is 0 Å². The van der Waals surface area contributed by atoms with Gasteiger partial charge in [0.05, 0.1) is 39.0 Å². The Morgan fingerprint density at radius 1 is 0.500 bits per heavy atom. The van der Waals surface area contributed by atoms with Crippen molar-refractivity contribution in [1.82, 2.24) is 9.13 Å². The second-order valence-electron chi connectivity index (χ2n) is 15.3. The summed E-state index contributed by atoms with van der Waals surface area (Å²) < 4.78 is 34.4.